The third kappa shape index (κ3) is 10.2. The van der Waals surface area contributed by atoms with Crippen molar-refractivity contribution in [2.75, 3.05) is 0 Å². The Morgan fingerprint density at radius 2 is 1.32 bits per heavy atom. The molecule has 0 saturated carbocycles. The predicted octanol–water partition coefficient (Wildman–Crippen LogP) is 9.86. The van der Waals surface area contributed by atoms with Crippen molar-refractivity contribution in [2.45, 2.75) is 26.9 Å². The van der Waals surface area contributed by atoms with Crippen molar-refractivity contribution in [2.24, 2.45) is 0 Å². The first-order chi connectivity index (χ1) is 18.1. The van der Waals surface area contributed by atoms with Crippen LogP contribution in [0.3, 0.4) is 0 Å². The third-order valence-corrected chi connectivity index (χ3v) is 5.51. The van der Waals surface area contributed by atoms with Gasteiger partial charge in [-0.3, -0.25) is 0 Å². The van der Waals surface area contributed by atoms with Crippen LogP contribution in [0.1, 0.15) is 23.6 Å². The molecule has 38 heavy (non-hydrogen) atoms. The predicted molar refractivity (Wildman–Crippen MR) is 163 cm³/mol. The second-order valence-electron chi connectivity index (χ2n) is 8.69. The smallest absolute Gasteiger partial charge is 0.137 e. The largest absolute Gasteiger partial charge is 0.456 e. The van der Waals surface area contributed by atoms with Crippen LogP contribution in [0, 0.1) is 6.92 Å². The number of benzene rings is 4. The molecule has 190 valence electrons. The molecular weight excluding hydrogens is 512 g/mol. The number of hydrogen-bond acceptors (Lipinski definition) is 1. The van der Waals surface area contributed by atoms with Gasteiger partial charge in [-0.15, -0.1) is 29.7 Å². The van der Waals surface area contributed by atoms with Gasteiger partial charge in [0.25, 0.3) is 0 Å². The number of rotatable bonds is 5. The van der Waals surface area contributed by atoms with E-state index in [0.29, 0.717) is 0 Å². The molecule has 3 heteroatoms. The minimum Gasteiger partial charge on any atom is -0.456 e. The van der Waals surface area contributed by atoms with Crippen LogP contribution in [0.2, 0.25) is 13.1 Å². The molecule has 0 saturated heterocycles. The Kier molecular flexibility index (Phi) is 14.0. The van der Waals surface area contributed by atoms with Gasteiger partial charge in [-0.05, 0) is 37.1 Å². The van der Waals surface area contributed by atoms with Gasteiger partial charge in [0.1, 0.15) is 11.5 Å². The molecule has 0 aliphatic heterocycles. The number of ether oxygens (including phenoxy) is 1. The van der Waals surface area contributed by atoms with E-state index in [1.807, 2.05) is 48.5 Å². The average molecular weight is 548 g/mol. The fourth-order valence-corrected chi connectivity index (χ4v) is 3.61. The molecule has 0 aliphatic rings. The molecule has 0 bridgehead atoms. The van der Waals surface area contributed by atoms with Crippen molar-refractivity contribution in [1.29, 1.82) is 0 Å². The second kappa shape index (κ2) is 17.3. The molecule has 0 unspecified atom stereocenters. The maximum Gasteiger partial charge on any atom is 0.137 e. The summed E-state index contributed by atoms with van der Waals surface area (Å²) in [5.41, 5.74) is 4.59. The fourth-order valence-electron chi connectivity index (χ4n) is 3.61. The maximum atomic E-state index is 6.20. The summed E-state index contributed by atoms with van der Waals surface area (Å²) >= 11 is 0. The standard InChI is InChI=1S/C24H22O.C9H7.C2H6Si.Ti/c1-19-13-16-21(17-14-19)18-15-20(2)24(22-9-5-3-6-10-22)25-23-11-7-4-8-12-23;1-2-5-9-7-3-6-8(9)4-1;1-3-2;/h3-18H,1-2H3;1-7H;1-2H3;/q;-1;;. The van der Waals surface area contributed by atoms with E-state index in [1.165, 1.54) is 21.9 Å². The zero-order chi connectivity index (χ0) is 26.3. The van der Waals surface area contributed by atoms with E-state index in [-0.39, 0.29) is 21.7 Å². The third-order valence-electron chi connectivity index (χ3n) is 5.51. The quantitative estimate of drug-likeness (QED) is 0.0921. The number of fused-ring (bicyclic) bond motifs is 1. The summed E-state index contributed by atoms with van der Waals surface area (Å²) in [7, 11) is 1.08. The summed E-state index contributed by atoms with van der Waals surface area (Å²) < 4.78 is 6.20. The van der Waals surface area contributed by atoms with E-state index in [1.54, 1.807) is 0 Å². The van der Waals surface area contributed by atoms with Crippen molar-refractivity contribution in [3.8, 4) is 5.75 Å². The van der Waals surface area contributed by atoms with E-state index in [4.69, 9.17) is 4.74 Å². The van der Waals surface area contributed by atoms with Gasteiger partial charge < -0.3 is 4.74 Å². The van der Waals surface area contributed by atoms with Crippen molar-refractivity contribution in [3.05, 3.63) is 156 Å². The van der Waals surface area contributed by atoms with Gasteiger partial charge in [0.2, 0.25) is 0 Å². The zero-order valence-electron chi connectivity index (χ0n) is 22.7. The Balaban J connectivity index is 0.000000322. The number of aryl methyl sites for hydroxylation is 1. The molecule has 5 aromatic rings. The van der Waals surface area contributed by atoms with Crippen molar-refractivity contribution < 1.29 is 26.5 Å². The van der Waals surface area contributed by atoms with Crippen LogP contribution in [-0.4, -0.2) is 9.52 Å². The summed E-state index contributed by atoms with van der Waals surface area (Å²) in [4.78, 5) is 0. The van der Waals surface area contributed by atoms with E-state index in [9.17, 15) is 0 Å². The molecule has 5 aromatic carbocycles. The molecule has 0 spiro atoms. The summed E-state index contributed by atoms with van der Waals surface area (Å²) in [5, 5.41) is 2.66. The SMILES string of the molecule is CC(C=Cc1ccc(C)cc1)=C(Oc1ccccc1)c1ccccc1.C[Si]C.[Ti].c1ccc2[cH-]ccc2c1. The second-order valence-corrected chi connectivity index (χ2v) is 9.69. The molecule has 0 heterocycles. The topological polar surface area (TPSA) is 9.23 Å². The van der Waals surface area contributed by atoms with Gasteiger partial charge in [0.15, 0.2) is 0 Å². The Bertz CT molecular complexity index is 1350. The number of hydrogen-bond donors (Lipinski definition) is 0. The van der Waals surface area contributed by atoms with Gasteiger partial charge >= 0.3 is 0 Å². The molecular formula is C35H35OSiTi-. The Labute approximate surface area is 246 Å². The monoisotopic (exact) mass is 547 g/mol. The van der Waals surface area contributed by atoms with Crippen molar-refractivity contribution in [1.82, 2.24) is 0 Å². The summed E-state index contributed by atoms with van der Waals surface area (Å²) in [5.74, 6) is 1.71. The summed E-state index contributed by atoms with van der Waals surface area (Å²) in [6.45, 7) is 8.48. The van der Waals surface area contributed by atoms with Crippen molar-refractivity contribution >= 4 is 32.1 Å². The first kappa shape index (κ1) is 30.9. The van der Waals surface area contributed by atoms with Gasteiger partial charge in [-0.1, -0.05) is 110 Å². The zero-order valence-corrected chi connectivity index (χ0v) is 25.2. The number of para-hydroxylation sites is 1. The molecule has 0 N–H and O–H groups in total. The summed E-state index contributed by atoms with van der Waals surface area (Å²) in [6.07, 6.45) is 4.22. The van der Waals surface area contributed by atoms with Crippen LogP contribution in [-0.2, 0) is 21.7 Å². The molecule has 0 atom stereocenters. The first-order valence-corrected chi connectivity index (χ1v) is 14.5. The Morgan fingerprint density at radius 3 is 1.95 bits per heavy atom. The van der Waals surface area contributed by atoms with Gasteiger partial charge in [-0.25, -0.2) is 0 Å². The van der Waals surface area contributed by atoms with Crippen LogP contribution in [0.5, 0.6) is 5.75 Å². The molecule has 0 aromatic heterocycles. The molecule has 1 nitrogen and oxygen atoms in total. The minimum absolute atomic E-state index is 0. The van der Waals surface area contributed by atoms with Gasteiger partial charge in [0.05, 0.1) is 0 Å². The fraction of sp³-hybridized carbons (Fsp3) is 0.114. The van der Waals surface area contributed by atoms with Crippen molar-refractivity contribution in [3.63, 3.8) is 0 Å². The van der Waals surface area contributed by atoms with Gasteiger partial charge in [-0.2, -0.15) is 17.5 Å². The Morgan fingerprint density at radius 1 is 0.737 bits per heavy atom. The first-order valence-electron chi connectivity index (χ1n) is 12.5. The van der Waals surface area contributed by atoms with Crippen LogP contribution in [0.4, 0.5) is 0 Å². The van der Waals surface area contributed by atoms with Gasteiger partial charge in [0, 0.05) is 36.8 Å². The van der Waals surface area contributed by atoms with E-state index >= 15 is 0 Å². The molecule has 0 aliphatic carbocycles. The van der Waals surface area contributed by atoms with Crippen LogP contribution < -0.4 is 4.74 Å². The normalized spacial score (nSPS) is 10.8. The molecule has 2 radical (unpaired) electrons. The molecule has 5 rings (SSSR count). The molecule has 0 fully saturated rings. The summed E-state index contributed by atoms with van der Waals surface area (Å²) in [6, 6.07) is 43.3. The average Bonchev–Trinajstić information content (AvgIpc) is 3.42. The maximum absolute atomic E-state index is 6.20. The van der Waals surface area contributed by atoms with E-state index in [0.717, 1.165) is 32.2 Å². The minimum atomic E-state index is 0. The van der Waals surface area contributed by atoms with E-state index < -0.39 is 0 Å². The van der Waals surface area contributed by atoms with Crippen LogP contribution >= 0.6 is 0 Å². The molecule has 0 amide bonds. The van der Waals surface area contributed by atoms with Crippen LogP contribution in [0.25, 0.3) is 22.6 Å². The number of allylic oxidation sites excluding steroid dienone is 2. The Hall–Kier alpha value is -3.30. The van der Waals surface area contributed by atoms with E-state index in [2.05, 4.69) is 118 Å². The van der Waals surface area contributed by atoms with Crippen LogP contribution in [0.15, 0.2) is 139 Å².